The largest absolute Gasteiger partial charge is 0.356 e. The van der Waals surface area contributed by atoms with Gasteiger partial charge in [-0.15, -0.1) is 24.0 Å². The first-order valence-corrected chi connectivity index (χ1v) is 10.0. The van der Waals surface area contributed by atoms with Crippen LogP contribution < -0.4 is 10.2 Å². The van der Waals surface area contributed by atoms with Gasteiger partial charge >= 0.3 is 0 Å². The van der Waals surface area contributed by atoms with Gasteiger partial charge in [0.2, 0.25) is 5.91 Å². The summed E-state index contributed by atoms with van der Waals surface area (Å²) < 4.78 is 1.72. The molecule has 0 bridgehead atoms. The van der Waals surface area contributed by atoms with Crippen LogP contribution >= 0.6 is 24.0 Å². The van der Waals surface area contributed by atoms with E-state index in [2.05, 4.69) is 27.2 Å². The van der Waals surface area contributed by atoms with Crippen LogP contribution in [0.1, 0.15) is 26.2 Å². The number of aryl methyl sites for hydroxylation is 1. The van der Waals surface area contributed by atoms with E-state index in [4.69, 9.17) is 0 Å². The number of aromatic nitrogens is 2. The van der Waals surface area contributed by atoms with Gasteiger partial charge in [0.05, 0.1) is 11.9 Å². The highest BCUT2D eigenvalue weighted by Gasteiger charge is 2.27. The third-order valence-corrected chi connectivity index (χ3v) is 5.41. The van der Waals surface area contributed by atoms with Crippen LogP contribution in [-0.4, -0.2) is 84.3 Å². The summed E-state index contributed by atoms with van der Waals surface area (Å²) in [5.74, 6) is 1.72. The number of rotatable bonds is 5. The maximum atomic E-state index is 12.6. The van der Waals surface area contributed by atoms with E-state index < -0.39 is 0 Å². The molecular formula is C19H34IN7O. The van der Waals surface area contributed by atoms with Crippen LogP contribution in [0.2, 0.25) is 0 Å². The van der Waals surface area contributed by atoms with Crippen molar-refractivity contribution in [3.05, 3.63) is 12.4 Å². The fourth-order valence-corrected chi connectivity index (χ4v) is 4.00. The molecule has 8 nitrogen and oxygen atoms in total. The number of carbonyl (C=O) groups excluding carboxylic acids is 1. The molecule has 28 heavy (non-hydrogen) atoms. The molecule has 0 spiro atoms. The number of piperidine rings is 1. The van der Waals surface area contributed by atoms with Gasteiger partial charge in [-0.1, -0.05) is 6.92 Å². The number of nitrogens with one attached hydrogen (secondary N) is 1. The van der Waals surface area contributed by atoms with Gasteiger partial charge in [0.15, 0.2) is 5.96 Å². The topological polar surface area (TPSA) is 69.0 Å². The maximum absolute atomic E-state index is 12.6. The molecule has 0 aliphatic carbocycles. The molecule has 2 saturated heterocycles. The average molecular weight is 503 g/mol. The number of aliphatic imine (C=N–C) groups is 1. The van der Waals surface area contributed by atoms with E-state index in [1.54, 1.807) is 22.8 Å². The molecule has 158 valence electrons. The molecule has 0 aromatic carbocycles. The Labute approximate surface area is 185 Å². The third-order valence-electron chi connectivity index (χ3n) is 5.41. The van der Waals surface area contributed by atoms with E-state index in [0.717, 1.165) is 43.6 Å². The highest BCUT2D eigenvalue weighted by Crippen LogP contribution is 2.16. The fourth-order valence-electron chi connectivity index (χ4n) is 4.00. The monoisotopic (exact) mass is 503 g/mol. The van der Waals surface area contributed by atoms with Crippen LogP contribution in [0.15, 0.2) is 17.4 Å². The van der Waals surface area contributed by atoms with Crippen LogP contribution in [0.5, 0.6) is 0 Å². The van der Waals surface area contributed by atoms with Crippen LogP contribution in [0, 0.1) is 5.92 Å². The Morgan fingerprint density at radius 2 is 2.18 bits per heavy atom. The second-order valence-corrected chi connectivity index (χ2v) is 7.71. The molecule has 1 amide bonds. The van der Waals surface area contributed by atoms with Crippen molar-refractivity contribution in [2.45, 2.75) is 26.2 Å². The van der Waals surface area contributed by atoms with Gasteiger partial charge in [-0.25, -0.2) is 0 Å². The number of hydrogen-bond acceptors (Lipinski definition) is 4. The number of carbonyl (C=O) groups is 1. The van der Waals surface area contributed by atoms with E-state index >= 15 is 0 Å². The van der Waals surface area contributed by atoms with Crippen LogP contribution in [0.4, 0.5) is 5.69 Å². The molecule has 1 aromatic rings. The van der Waals surface area contributed by atoms with Crippen LogP contribution in [0.25, 0.3) is 0 Å². The van der Waals surface area contributed by atoms with Crippen molar-refractivity contribution < 1.29 is 4.79 Å². The number of hydrogen-bond donors (Lipinski definition) is 1. The first-order valence-electron chi connectivity index (χ1n) is 10.0. The summed E-state index contributed by atoms with van der Waals surface area (Å²) in [5, 5.41) is 7.59. The fraction of sp³-hybridized carbons (Fsp3) is 0.737. The zero-order chi connectivity index (χ0) is 19.2. The van der Waals surface area contributed by atoms with E-state index in [0.29, 0.717) is 13.1 Å². The molecule has 2 aliphatic heterocycles. The number of guanidine groups is 1. The van der Waals surface area contributed by atoms with Crippen molar-refractivity contribution in [1.29, 1.82) is 0 Å². The molecule has 0 radical (unpaired) electrons. The lowest BCUT2D eigenvalue weighted by molar-refractivity contribution is -0.120. The Balaban J connectivity index is 0.00000280. The average Bonchev–Trinajstić information content (AvgIpc) is 3.08. The number of anilines is 1. The Kier molecular flexibility index (Phi) is 9.00. The lowest BCUT2D eigenvalue weighted by atomic mass is 10.0. The second kappa shape index (κ2) is 11.0. The minimum Gasteiger partial charge on any atom is -0.356 e. The lowest BCUT2D eigenvalue weighted by Gasteiger charge is -2.35. The van der Waals surface area contributed by atoms with E-state index in [1.165, 1.54) is 25.9 Å². The van der Waals surface area contributed by atoms with Crippen LogP contribution in [-0.2, 0) is 11.8 Å². The number of piperazine rings is 1. The van der Waals surface area contributed by atoms with E-state index in [9.17, 15) is 4.79 Å². The Morgan fingerprint density at radius 1 is 1.36 bits per heavy atom. The molecule has 2 aliphatic rings. The minimum atomic E-state index is 0. The van der Waals surface area contributed by atoms with Gasteiger partial charge in [0.25, 0.3) is 0 Å². The summed E-state index contributed by atoms with van der Waals surface area (Å²) in [6.45, 7) is 8.56. The standard InChI is InChI=1S/C19H33N7O.HI/c1-16-6-4-8-24(13-16)9-5-7-21-19(20-2)25-10-11-26(18(27)15-25)17-12-22-23(3)14-17;/h12,14,16H,4-11,13,15H2,1-3H3,(H,20,21);1H. The Morgan fingerprint density at radius 3 is 2.82 bits per heavy atom. The SMILES string of the molecule is CN=C(NCCCN1CCCC(C)C1)N1CCN(c2cnn(C)c2)C(=O)C1.I. The summed E-state index contributed by atoms with van der Waals surface area (Å²) in [6.07, 6.45) is 7.39. The van der Waals surface area contributed by atoms with Crippen molar-refractivity contribution in [3.63, 3.8) is 0 Å². The van der Waals surface area contributed by atoms with Gasteiger partial charge in [0, 0.05) is 46.5 Å². The third kappa shape index (κ3) is 6.07. The lowest BCUT2D eigenvalue weighted by Crippen LogP contribution is -2.55. The molecule has 0 saturated carbocycles. The van der Waals surface area contributed by atoms with Crippen molar-refractivity contribution in [2.75, 3.05) is 57.8 Å². The Hall–Kier alpha value is -1.36. The number of halogens is 1. The number of amides is 1. The zero-order valence-electron chi connectivity index (χ0n) is 17.3. The van der Waals surface area contributed by atoms with Crippen molar-refractivity contribution in [2.24, 2.45) is 18.0 Å². The molecule has 2 fully saturated rings. The highest BCUT2D eigenvalue weighted by molar-refractivity contribution is 14.0. The molecule has 3 heterocycles. The number of nitrogens with zero attached hydrogens (tertiary/aromatic N) is 6. The van der Waals surface area contributed by atoms with E-state index in [1.807, 2.05) is 18.1 Å². The molecule has 1 N–H and O–H groups in total. The normalized spacial score (nSPS) is 21.6. The highest BCUT2D eigenvalue weighted by atomic mass is 127. The molecule has 1 atom stereocenters. The van der Waals surface area contributed by atoms with Crippen molar-refractivity contribution >= 4 is 41.5 Å². The summed E-state index contributed by atoms with van der Waals surface area (Å²) >= 11 is 0. The number of likely N-dealkylation sites (tertiary alicyclic amines) is 1. The summed E-state index contributed by atoms with van der Waals surface area (Å²) in [6, 6.07) is 0. The smallest absolute Gasteiger partial charge is 0.246 e. The summed E-state index contributed by atoms with van der Waals surface area (Å²) in [5.41, 5.74) is 0.862. The second-order valence-electron chi connectivity index (χ2n) is 7.71. The first-order chi connectivity index (χ1) is 13.1. The van der Waals surface area contributed by atoms with Crippen LogP contribution in [0.3, 0.4) is 0 Å². The van der Waals surface area contributed by atoms with Gasteiger partial charge in [-0.05, 0) is 38.3 Å². The quantitative estimate of drug-likeness (QED) is 0.285. The molecular weight excluding hydrogens is 469 g/mol. The Bertz CT molecular complexity index is 662. The minimum absolute atomic E-state index is 0. The first kappa shape index (κ1) is 22.9. The summed E-state index contributed by atoms with van der Waals surface area (Å²) in [7, 11) is 3.65. The maximum Gasteiger partial charge on any atom is 0.246 e. The van der Waals surface area contributed by atoms with E-state index in [-0.39, 0.29) is 29.9 Å². The molecule has 1 aromatic heterocycles. The molecule has 3 rings (SSSR count). The van der Waals surface area contributed by atoms with Gasteiger partial charge in [-0.2, -0.15) is 5.10 Å². The zero-order valence-corrected chi connectivity index (χ0v) is 19.6. The predicted molar refractivity (Wildman–Crippen MR) is 123 cm³/mol. The van der Waals surface area contributed by atoms with Gasteiger partial charge < -0.3 is 20.0 Å². The van der Waals surface area contributed by atoms with Crippen molar-refractivity contribution in [3.8, 4) is 0 Å². The van der Waals surface area contributed by atoms with Gasteiger partial charge in [0.1, 0.15) is 6.54 Å². The predicted octanol–water partition coefficient (Wildman–Crippen LogP) is 1.38. The van der Waals surface area contributed by atoms with Crippen molar-refractivity contribution in [1.82, 2.24) is 24.9 Å². The molecule has 1 unspecified atom stereocenters. The van der Waals surface area contributed by atoms with Gasteiger partial charge in [-0.3, -0.25) is 14.5 Å². The molecule has 9 heteroatoms. The summed E-state index contributed by atoms with van der Waals surface area (Å²) in [4.78, 5) is 23.3.